The summed E-state index contributed by atoms with van der Waals surface area (Å²) in [5.41, 5.74) is 1.57. The average molecular weight is 305 g/mol. The molecule has 0 nitrogen and oxygen atoms in total. The minimum atomic E-state index is -0.965. The van der Waals surface area contributed by atoms with E-state index in [-0.39, 0.29) is 5.82 Å². The van der Waals surface area contributed by atoms with Crippen molar-refractivity contribution in [3.05, 3.63) is 96.3 Å². The Morgan fingerprint density at radius 3 is 1.59 bits per heavy atom. The molecule has 1 radical (unpaired) electrons. The fourth-order valence-electron chi connectivity index (χ4n) is 2.82. The summed E-state index contributed by atoms with van der Waals surface area (Å²) < 4.78 is 13.2. The van der Waals surface area contributed by atoms with Crippen molar-refractivity contribution >= 4 is 19.2 Å². The molecule has 0 aliphatic carbocycles. The molecule has 3 aromatic rings. The van der Waals surface area contributed by atoms with Crippen molar-refractivity contribution in [3.8, 4) is 0 Å². The highest BCUT2D eigenvalue weighted by Crippen LogP contribution is 2.19. The van der Waals surface area contributed by atoms with Crippen molar-refractivity contribution in [2.24, 2.45) is 0 Å². The largest absolute Gasteiger partial charge is 0.207 e. The molecule has 0 bridgehead atoms. The maximum absolute atomic E-state index is 13.2. The highest BCUT2D eigenvalue weighted by molar-refractivity contribution is 6.86. The first-order valence-corrected chi connectivity index (χ1v) is 9.06. The molecule has 2 heteroatoms. The Morgan fingerprint density at radius 1 is 0.682 bits per heavy atom. The van der Waals surface area contributed by atoms with Gasteiger partial charge in [0.05, 0.1) is 0 Å². The Morgan fingerprint density at radius 2 is 1.14 bits per heavy atom. The van der Waals surface area contributed by atoms with Crippen LogP contribution in [0.5, 0.6) is 0 Å². The molecule has 0 saturated carbocycles. The molecule has 0 amide bonds. The Balaban J connectivity index is 2.04. The van der Waals surface area contributed by atoms with Crippen LogP contribution in [0.4, 0.5) is 4.39 Å². The summed E-state index contributed by atoms with van der Waals surface area (Å²) in [6, 6.07) is 28.3. The molecule has 0 aromatic heterocycles. The van der Waals surface area contributed by atoms with Crippen LogP contribution in [0, 0.1) is 5.82 Å². The third-order valence-corrected chi connectivity index (χ3v) is 7.08. The number of hydrogen-bond acceptors (Lipinski definition) is 0. The Kier molecular flexibility index (Phi) is 4.49. The van der Waals surface area contributed by atoms with E-state index >= 15 is 0 Å². The molecule has 0 saturated heterocycles. The van der Waals surface area contributed by atoms with Gasteiger partial charge in [-0.1, -0.05) is 90.1 Å². The molecule has 1 atom stereocenters. The van der Waals surface area contributed by atoms with Crippen LogP contribution in [0.3, 0.4) is 0 Å². The highest BCUT2D eigenvalue weighted by atomic mass is 28.3. The van der Waals surface area contributed by atoms with Gasteiger partial charge in [-0.25, -0.2) is 4.39 Å². The summed E-state index contributed by atoms with van der Waals surface area (Å²) in [5.74, 6) is -0.177. The maximum atomic E-state index is 13.2. The van der Waals surface area contributed by atoms with Crippen molar-refractivity contribution in [2.75, 3.05) is 0 Å². The third kappa shape index (κ3) is 3.17. The number of halogens is 1. The van der Waals surface area contributed by atoms with Gasteiger partial charge < -0.3 is 0 Å². The molecule has 109 valence electrons. The SMILES string of the molecule is C[C@H](c1ccc(F)cc1)[Si](c1ccccc1)c1ccccc1. The van der Waals surface area contributed by atoms with E-state index in [0.29, 0.717) is 5.54 Å². The summed E-state index contributed by atoms with van der Waals surface area (Å²) in [4.78, 5) is 0. The summed E-state index contributed by atoms with van der Waals surface area (Å²) in [7, 11) is -0.965. The van der Waals surface area contributed by atoms with Crippen LogP contribution in [-0.4, -0.2) is 8.80 Å². The second kappa shape index (κ2) is 6.71. The third-order valence-electron chi connectivity index (χ3n) is 3.97. The van der Waals surface area contributed by atoms with Crippen LogP contribution in [0.2, 0.25) is 0 Å². The number of rotatable bonds is 4. The minimum absolute atomic E-state index is 0.177. The van der Waals surface area contributed by atoms with Crippen LogP contribution in [0.25, 0.3) is 0 Å². The van der Waals surface area contributed by atoms with E-state index in [1.165, 1.54) is 15.9 Å². The lowest BCUT2D eigenvalue weighted by Crippen LogP contribution is -2.46. The lowest BCUT2D eigenvalue weighted by molar-refractivity contribution is 0.627. The number of benzene rings is 3. The molecule has 0 aliphatic heterocycles. The zero-order valence-electron chi connectivity index (χ0n) is 12.5. The van der Waals surface area contributed by atoms with Crippen LogP contribution >= 0.6 is 0 Å². The zero-order chi connectivity index (χ0) is 15.4. The van der Waals surface area contributed by atoms with Gasteiger partial charge in [-0.3, -0.25) is 0 Å². The molecule has 0 spiro atoms. The predicted octanol–water partition coefficient (Wildman–Crippen LogP) is 3.78. The topological polar surface area (TPSA) is 0 Å². The van der Waals surface area contributed by atoms with Crippen LogP contribution in [0.15, 0.2) is 84.9 Å². The van der Waals surface area contributed by atoms with E-state index in [1.54, 1.807) is 12.1 Å². The van der Waals surface area contributed by atoms with E-state index in [2.05, 4.69) is 67.6 Å². The van der Waals surface area contributed by atoms with Crippen molar-refractivity contribution < 1.29 is 4.39 Å². The second-order valence-electron chi connectivity index (χ2n) is 5.42. The molecule has 0 heterocycles. The van der Waals surface area contributed by atoms with E-state index in [1.807, 2.05) is 12.1 Å². The first-order chi connectivity index (χ1) is 10.8. The lowest BCUT2D eigenvalue weighted by atomic mass is 10.2. The zero-order valence-corrected chi connectivity index (χ0v) is 13.5. The summed E-state index contributed by atoms with van der Waals surface area (Å²) in [5, 5.41) is 2.77. The Hall–Kier alpha value is -2.19. The van der Waals surface area contributed by atoms with Gasteiger partial charge in [-0.15, -0.1) is 0 Å². The van der Waals surface area contributed by atoms with E-state index in [4.69, 9.17) is 0 Å². The monoisotopic (exact) mass is 305 g/mol. The smallest absolute Gasteiger partial charge is 0.128 e. The van der Waals surface area contributed by atoms with Gasteiger partial charge >= 0.3 is 0 Å². The second-order valence-corrected chi connectivity index (χ2v) is 8.27. The quantitative estimate of drug-likeness (QED) is 0.644. The molecule has 0 fully saturated rings. The van der Waals surface area contributed by atoms with Gasteiger partial charge in [0.1, 0.15) is 14.6 Å². The molecule has 0 N–H and O–H groups in total. The van der Waals surface area contributed by atoms with Crippen molar-refractivity contribution in [1.29, 1.82) is 0 Å². The van der Waals surface area contributed by atoms with Gasteiger partial charge in [-0.2, -0.15) is 0 Å². The molecular weight excluding hydrogens is 287 g/mol. The summed E-state index contributed by atoms with van der Waals surface area (Å²) in [6.45, 7) is 2.25. The van der Waals surface area contributed by atoms with Gasteiger partial charge in [0, 0.05) is 0 Å². The first-order valence-electron chi connectivity index (χ1n) is 7.49. The average Bonchev–Trinajstić information content (AvgIpc) is 2.57. The lowest BCUT2D eigenvalue weighted by Gasteiger charge is -2.23. The fourth-order valence-corrected chi connectivity index (χ4v) is 5.78. The van der Waals surface area contributed by atoms with Gasteiger partial charge in [0.25, 0.3) is 0 Å². The van der Waals surface area contributed by atoms with Gasteiger partial charge in [0.2, 0.25) is 0 Å². The van der Waals surface area contributed by atoms with Crippen LogP contribution < -0.4 is 10.4 Å². The van der Waals surface area contributed by atoms with E-state index < -0.39 is 8.80 Å². The van der Waals surface area contributed by atoms with E-state index in [0.717, 1.165) is 0 Å². The summed E-state index contributed by atoms with van der Waals surface area (Å²) >= 11 is 0. The molecule has 3 aromatic carbocycles. The van der Waals surface area contributed by atoms with Gasteiger partial charge in [0.15, 0.2) is 0 Å². The molecule has 3 rings (SSSR count). The number of hydrogen-bond donors (Lipinski definition) is 0. The van der Waals surface area contributed by atoms with Crippen LogP contribution in [-0.2, 0) is 0 Å². The molecule has 22 heavy (non-hydrogen) atoms. The fraction of sp³-hybridized carbons (Fsp3) is 0.100. The van der Waals surface area contributed by atoms with E-state index in [9.17, 15) is 4.39 Å². The molecule has 0 unspecified atom stereocenters. The van der Waals surface area contributed by atoms with Gasteiger partial charge in [-0.05, 0) is 23.2 Å². The van der Waals surface area contributed by atoms with Crippen molar-refractivity contribution in [2.45, 2.75) is 12.5 Å². The first kappa shape index (κ1) is 14.7. The highest BCUT2D eigenvalue weighted by Gasteiger charge is 2.25. The summed E-state index contributed by atoms with van der Waals surface area (Å²) in [6.07, 6.45) is 0. The molecule has 0 aliphatic rings. The standard InChI is InChI=1S/C20H18FSi/c1-16(17-12-14-18(21)15-13-17)22(19-8-4-2-5-9-19)20-10-6-3-7-11-20/h2-16H,1H3/t16-/m1/s1. The normalized spacial score (nSPS) is 12.3. The Bertz CT molecular complexity index is 668. The van der Waals surface area contributed by atoms with Crippen molar-refractivity contribution in [3.63, 3.8) is 0 Å². The van der Waals surface area contributed by atoms with Crippen LogP contribution in [0.1, 0.15) is 18.0 Å². The maximum Gasteiger partial charge on any atom is 0.128 e. The Labute approximate surface area is 132 Å². The molecular formula is C20H18FSi. The predicted molar refractivity (Wildman–Crippen MR) is 92.7 cm³/mol. The minimum Gasteiger partial charge on any atom is -0.207 e. The van der Waals surface area contributed by atoms with Crippen molar-refractivity contribution in [1.82, 2.24) is 0 Å².